The maximum atomic E-state index is 11.1. The number of nitrogens with zero attached hydrogens (tertiary/aromatic N) is 4. The summed E-state index contributed by atoms with van der Waals surface area (Å²) in [6.45, 7) is 0. The Morgan fingerprint density at radius 1 is 1.50 bits per heavy atom. The van der Waals surface area contributed by atoms with E-state index in [-0.39, 0.29) is 0 Å². The summed E-state index contributed by atoms with van der Waals surface area (Å²) in [5, 5.41) is 12.5. The highest BCUT2D eigenvalue weighted by atomic mass is 32.1. The molecule has 0 bridgehead atoms. The maximum Gasteiger partial charge on any atom is 0.260 e. The first-order valence-electron chi connectivity index (χ1n) is 4.35. The number of nitrogen functional groups attached to an aromatic ring is 1. The lowest BCUT2D eigenvalue weighted by molar-refractivity contribution is 0.100. The second kappa shape index (κ2) is 2.89. The zero-order chi connectivity index (χ0) is 11.3. The van der Waals surface area contributed by atoms with E-state index in [0.717, 1.165) is 11.3 Å². The summed E-state index contributed by atoms with van der Waals surface area (Å²) < 4.78 is 1.52. The predicted molar refractivity (Wildman–Crippen MR) is 59.1 cm³/mol. The monoisotopic (exact) mass is 234 g/mol. The molecule has 0 fully saturated rings. The lowest BCUT2D eigenvalue weighted by atomic mass is 10.3. The fourth-order valence-electron chi connectivity index (χ4n) is 1.48. The van der Waals surface area contributed by atoms with Gasteiger partial charge in [-0.1, -0.05) is 0 Å². The van der Waals surface area contributed by atoms with Crippen molar-refractivity contribution in [2.24, 2.45) is 5.73 Å². The van der Waals surface area contributed by atoms with Gasteiger partial charge in [0.15, 0.2) is 5.65 Å². The fraction of sp³-hybridized carbons (Fsp3) is 0. The molecule has 0 spiro atoms. The van der Waals surface area contributed by atoms with Gasteiger partial charge in [-0.2, -0.15) is 9.61 Å². The lowest BCUT2D eigenvalue weighted by Gasteiger charge is -1.93. The van der Waals surface area contributed by atoms with Gasteiger partial charge in [0.25, 0.3) is 5.91 Å². The van der Waals surface area contributed by atoms with E-state index < -0.39 is 5.91 Å². The molecule has 4 N–H and O–H groups in total. The number of hydrogen-bond acceptors (Lipinski definition) is 6. The van der Waals surface area contributed by atoms with Gasteiger partial charge in [0.1, 0.15) is 16.0 Å². The Bertz CT molecular complexity index is 714. The molecule has 0 saturated heterocycles. The summed E-state index contributed by atoms with van der Waals surface area (Å²) in [6, 6.07) is 1.73. The van der Waals surface area contributed by atoms with Crippen LogP contribution in [0.1, 0.15) is 9.67 Å². The van der Waals surface area contributed by atoms with E-state index in [0.29, 0.717) is 26.4 Å². The van der Waals surface area contributed by atoms with Crippen LogP contribution < -0.4 is 11.5 Å². The second-order valence-electron chi connectivity index (χ2n) is 3.21. The maximum absolute atomic E-state index is 11.1. The van der Waals surface area contributed by atoms with Crippen LogP contribution in [0.25, 0.3) is 15.9 Å². The minimum Gasteiger partial charge on any atom is -0.397 e. The molecule has 0 aromatic carbocycles. The average molecular weight is 234 g/mol. The van der Waals surface area contributed by atoms with Crippen molar-refractivity contribution in [3.05, 3.63) is 17.3 Å². The number of fused-ring (bicyclic) bond motifs is 2. The highest BCUT2D eigenvalue weighted by Gasteiger charge is 2.15. The van der Waals surface area contributed by atoms with Crippen LogP contribution in [0.4, 0.5) is 5.69 Å². The van der Waals surface area contributed by atoms with Gasteiger partial charge in [-0.25, -0.2) is 0 Å². The molecule has 3 aromatic rings. The molecule has 3 heterocycles. The number of carbonyl (C=O) groups is 1. The van der Waals surface area contributed by atoms with E-state index in [1.807, 2.05) is 0 Å². The number of thiophene rings is 1. The van der Waals surface area contributed by atoms with E-state index >= 15 is 0 Å². The highest BCUT2D eigenvalue weighted by Crippen LogP contribution is 2.32. The Balaban J connectivity index is 2.45. The minimum atomic E-state index is -0.545. The molecule has 8 heteroatoms. The van der Waals surface area contributed by atoms with Crippen molar-refractivity contribution in [1.82, 2.24) is 19.8 Å². The minimum absolute atomic E-state index is 0.323. The van der Waals surface area contributed by atoms with E-state index in [1.165, 1.54) is 10.8 Å². The smallest absolute Gasteiger partial charge is 0.260 e. The molecule has 3 rings (SSSR count). The second-order valence-corrected chi connectivity index (χ2v) is 4.21. The molecular weight excluding hydrogens is 228 g/mol. The summed E-state index contributed by atoms with van der Waals surface area (Å²) in [5.74, 6) is -0.545. The Labute approximate surface area is 92.7 Å². The van der Waals surface area contributed by atoms with Crippen molar-refractivity contribution in [2.75, 3.05) is 5.73 Å². The van der Waals surface area contributed by atoms with Crippen molar-refractivity contribution in [1.29, 1.82) is 0 Å². The van der Waals surface area contributed by atoms with Crippen molar-refractivity contribution in [3.63, 3.8) is 0 Å². The third-order valence-electron chi connectivity index (χ3n) is 2.22. The summed E-state index contributed by atoms with van der Waals surface area (Å²) in [6.07, 6.45) is 1.48. The normalized spacial score (nSPS) is 11.2. The Morgan fingerprint density at radius 2 is 2.31 bits per heavy atom. The Morgan fingerprint density at radius 3 is 3.06 bits per heavy atom. The molecule has 0 saturated carbocycles. The number of carbonyl (C=O) groups excluding carboxylic acids is 1. The first-order chi connectivity index (χ1) is 7.66. The number of hydrogen-bond donors (Lipinski definition) is 2. The van der Waals surface area contributed by atoms with Crippen molar-refractivity contribution >= 4 is 38.8 Å². The van der Waals surface area contributed by atoms with Gasteiger partial charge in [-0.15, -0.1) is 21.5 Å². The zero-order valence-electron chi connectivity index (χ0n) is 7.91. The molecule has 0 aliphatic heterocycles. The van der Waals surface area contributed by atoms with Crippen LogP contribution >= 0.6 is 11.3 Å². The first kappa shape index (κ1) is 9.04. The summed E-state index contributed by atoms with van der Waals surface area (Å²) in [4.78, 5) is 12.1. The van der Waals surface area contributed by atoms with Crippen molar-refractivity contribution < 1.29 is 4.79 Å². The highest BCUT2D eigenvalue weighted by molar-refractivity contribution is 7.21. The molecule has 80 valence electrons. The van der Waals surface area contributed by atoms with E-state index in [1.54, 1.807) is 6.07 Å². The van der Waals surface area contributed by atoms with Gasteiger partial charge >= 0.3 is 0 Å². The third kappa shape index (κ3) is 1.07. The standard InChI is InChI=1S/C8H6N6OS/c9-5-3-1-4-12-11-2-14(4)13-8(3)16-6(5)7(10)15/h1-2H,9H2,(H2,10,15). The summed E-state index contributed by atoms with van der Waals surface area (Å²) in [7, 11) is 0. The van der Waals surface area contributed by atoms with Crippen LogP contribution in [-0.2, 0) is 0 Å². The molecule has 0 radical (unpaired) electrons. The number of rotatable bonds is 1. The van der Waals surface area contributed by atoms with Gasteiger partial charge in [-0.05, 0) is 6.07 Å². The van der Waals surface area contributed by atoms with Gasteiger partial charge < -0.3 is 11.5 Å². The third-order valence-corrected chi connectivity index (χ3v) is 3.34. The molecule has 0 atom stereocenters. The molecule has 16 heavy (non-hydrogen) atoms. The number of anilines is 1. The average Bonchev–Trinajstić information content (AvgIpc) is 2.80. The number of primary amides is 1. The van der Waals surface area contributed by atoms with Gasteiger partial charge in [0.2, 0.25) is 0 Å². The van der Waals surface area contributed by atoms with Crippen molar-refractivity contribution in [2.45, 2.75) is 0 Å². The number of amides is 1. The molecule has 0 unspecified atom stereocenters. The largest absolute Gasteiger partial charge is 0.397 e. The van der Waals surface area contributed by atoms with Gasteiger partial charge in [0.05, 0.1) is 5.69 Å². The predicted octanol–water partition coefficient (Wildman–Crippen LogP) is 0.0201. The zero-order valence-corrected chi connectivity index (χ0v) is 8.73. The van der Waals surface area contributed by atoms with Gasteiger partial charge in [0, 0.05) is 5.39 Å². The Hall–Kier alpha value is -2.22. The van der Waals surface area contributed by atoms with E-state index in [2.05, 4.69) is 15.3 Å². The topological polar surface area (TPSA) is 112 Å². The SMILES string of the molecule is NC(=O)c1sc2nn3cnnc3cc2c1N. The van der Waals surface area contributed by atoms with E-state index in [9.17, 15) is 4.79 Å². The van der Waals surface area contributed by atoms with Crippen LogP contribution in [-0.4, -0.2) is 25.7 Å². The number of aromatic nitrogens is 4. The molecule has 3 aromatic heterocycles. The van der Waals surface area contributed by atoms with Crippen LogP contribution in [0.2, 0.25) is 0 Å². The first-order valence-corrected chi connectivity index (χ1v) is 5.17. The summed E-state index contributed by atoms with van der Waals surface area (Å²) >= 11 is 1.16. The molecule has 1 amide bonds. The number of nitrogens with two attached hydrogens (primary N) is 2. The molecular formula is C8H6N6OS. The van der Waals surface area contributed by atoms with Crippen LogP contribution in [0.3, 0.4) is 0 Å². The molecule has 0 aliphatic rings. The van der Waals surface area contributed by atoms with Crippen molar-refractivity contribution in [3.8, 4) is 0 Å². The Kier molecular flexibility index (Phi) is 1.63. The fourth-order valence-corrected chi connectivity index (χ4v) is 2.40. The van der Waals surface area contributed by atoms with Gasteiger partial charge in [-0.3, -0.25) is 4.79 Å². The van der Waals surface area contributed by atoms with E-state index in [4.69, 9.17) is 11.5 Å². The van der Waals surface area contributed by atoms with Crippen LogP contribution in [0.15, 0.2) is 12.4 Å². The lowest BCUT2D eigenvalue weighted by Crippen LogP contribution is -2.10. The quantitative estimate of drug-likeness (QED) is 0.616. The molecule has 0 aliphatic carbocycles. The summed E-state index contributed by atoms with van der Waals surface area (Å²) in [5.41, 5.74) is 11.9. The van der Waals surface area contributed by atoms with Crippen LogP contribution in [0, 0.1) is 0 Å². The van der Waals surface area contributed by atoms with Crippen LogP contribution in [0.5, 0.6) is 0 Å². The molecule has 7 nitrogen and oxygen atoms in total.